The summed E-state index contributed by atoms with van der Waals surface area (Å²) in [6, 6.07) is 11.5. The highest BCUT2D eigenvalue weighted by atomic mass is 32.1. The molecule has 16 heavy (non-hydrogen) atoms. The van der Waals surface area contributed by atoms with Crippen molar-refractivity contribution in [3.63, 3.8) is 0 Å². The van der Waals surface area contributed by atoms with Crippen molar-refractivity contribution in [2.75, 3.05) is 0 Å². The molecule has 0 saturated carbocycles. The highest BCUT2D eigenvalue weighted by Gasteiger charge is 2.04. The van der Waals surface area contributed by atoms with Gasteiger partial charge in [0, 0.05) is 23.3 Å². The Hall–Kier alpha value is -1.94. The molecule has 0 fully saturated rings. The van der Waals surface area contributed by atoms with Crippen molar-refractivity contribution in [1.29, 1.82) is 0 Å². The van der Waals surface area contributed by atoms with E-state index in [4.69, 9.17) is 0 Å². The van der Waals surface area contributed by atoms with Gasteiger partial charge in [0.2, 0.25) is 0 Å². The lowest BCUT2D eigenvalue weighted by molar-refractivity contribution is 1.14. The Morgan fingerprint density at radius 3 is 2.81 bits per heavy atom. The van der Waals surface area contributed by atoms with E-state index in [9.17, 15) is 4.79 Å². The molecule has 78 valence electrons. The smallest absolute Gasteiger partial charge is 0.258 e. The van der Waals surface area contributed by atoms with Crippen LogP contribution < -0.4 is 5.56 Å². The van der Waals surface area contributed by atoms with Crippen molar-refractivity contribution < 1.29 is 0 Å². The van der Waals surface area contributed by atoms with Crippen molar-refractivity contribution in [1.82, 2.24) is 9.38 Å². The number of fused-ring (bicyclic) bond motifs is 1. The van der Waals surface area contributed by atoms with Crippen molar-refractivity contribution in [3.8, 4) is 10.4 Å². The summed E-state index contributed by atoms with van der Waals surface area (Å²) in [5.41, 5.74) is 1.01. The van der Waals surface area contributed by atoms with Gasteiger partial charge in [-0.1, -0.05) is 41.7 Å². The third kappa shape index (κ3) is 1.44. The summed E-state index contributed by atoms with van der Waals surface area (Å²) in [6.07, 6.45) is 3.32. The second kappa shape index (κ2) is 3.57. The zero-order valence-corrected chi connectivity index (χ0v) is 9.15. The first-order chi connectivity index (χ1) is 7.84. The molecule has 0 spiro atoms. The van der Waals surface area contributed by atoms with E-state index in [2.05, 4.69) is 4.98 Å². The molecule has 0 aliphatic rings. The molecule has 2 aromatic heterocycles. The summed E-state index contributed by atoms with van der Waals surface area (Å²) >= 11 is 1.51. The Balaban J connectivity index is 2.30. The summed E-state index contributed by atoms with van der Waals surface area (Å²) in [4.78, 5) is 17.6. The van der Waals surface area contributed by atoms with Crippen LogP contribution in [0.4, 0.5) is 0 Å². The highest BCUT2D eigenvalue weighted by molar-refractivity contribution is 7.19. The predicted molar refractivity (Wildman–Crippen MR) is 64.8 cm³/mol. The van der Waals surface area contributed by atoms with Gasteiger partial charge in [-0.15, -0.1) is 0 Å². The number of nitrogens with zero attached hydrogens (tertiary/aromatic N) is 2. The van der Waals surface area contributed by atoms with Gasteiger partial charge in [0.15, 0.2) is 4.96 Å². The normalized spacial score (nSPS) is 10.8. The molecular weight excluding hydrogens is 220 g/mol. The van der Waals surface area contributed by atoms with Gasteiger partial charge in [-0.2, -0.15) is 0 Å². The van der Waals surface area contributed by atoms with Crippen LogP contribution in [0.2, 0.25) is 0 Å². The second-order valence-electron chi connectivity index (χ2n) is 3.39. The molecule has 4 heteroatoms. The SMILES string of the molecule is O=c1cc(-c2ccccc2)sc2nccn12. The molecule has 0 N–H and O–H groups in total. The van der Waals surface area contributed by atoms with Crippen LogP contribution in [0.25, 0.3) is 15.4 Å². The average molecular weight is 228 g/mol. The summed E-state index contributed by atoms with van der Waals surface area (Å²) in [7, 11) is 0. The number of hydrogen-bond donors (Lipinski definition) is 0. The predicted octanol–water partition coefficient (Wildman–Crippen LogP) is 2.42. The van der Waals surface area contributed by atoms with Gasteiger partial charge in [-0.3, -0.25) is 9.20 Å². The maximum Gasteiger partial charge on any atom is 0.258 e. The quantitative estimate of drug-likeness (QED) is 0.641. The minimum Gasteiger partial charge on any atom is -0.269 e. The number of benzene rings is 1. The fourth-order valence-electron chi connectivity index (χ4n) is 1.59. The first-order valence-corrected chi connectivity index (χ1v) is 5.69. The van der Waals surface area contributed by atoms with Crippen molar-refractivity contribution in [2.45, 2.75) is 0 Å². The fourth-order valence-corrected chi connectivity index (χ4v) is 2.56. The van der Waals surface area contributed by atoms with Gasteiger partial charge in [0.1, 0.15) is 0 Å². The Morgan fingerprint density at radius 1 is 1.19 bits per heavy atom. The number of aromatic nitrogens is 2. The van der Waals surface area contributed by atoms with E-state index >= 15 is 0 Å². The minimum atomic E-state index is -0.0369. The largest absolute Gasteiger partial charge is 0.269 e. The molecule has 0 atom stereocenters. The van der Waals surface area contributed by atoms with E-state index in [1.54, 1.807) is 22.9 Å². The second-order valence-corrected chi connectivity index (χ2v) is 4.40. The molecule has 0 aliphatic carbocycles. The zero-order chi connectivity index (χ0) is 11.0. The van der Waals surface area contributed by atoms with Crippen LogP contribution in [-0.2, 0) is 0 Å². The van der Waals surface area contributed by atoms with E-state index in [1.807, 2.05) is 30.3 Å². The van der Waals surface area contributed by atoms with E-state index in [-0.39, 0.29) is 5.56 Å². The topological polar surface area (TPSA) is 34.4 Å². The van der Waals surface area contributed by atoms with Crippen LogP contribution in [0.5, 0.6) is 0 Å². The van der Waals surface area contributed by atoms with Gasteiger partial charge >= 0.3 is 0 Å². The van der Waals surface area contributed by atoms with Crippen LogP contribution in [0.3, 0.4) is 0 Å². The van der Waals surface area contributed by atoms with Crippen molar-refractivity contribution in [3.05, 3.63) is 59.1 Å². The van der Waals surface area contributed by atoms with E-state index in [1.165, 1.54) is 11.3 Å². The van der Waals surface area contributed by atoms with Crippen LogP contribution in [-0.4, -0.2) is 9.38 Å². The first-order valence-electron chi connectivity index (χ1n) is 4.87. The Kier molecular flexibility index (Phi) is 2.08. The molecule has 0 unspecified atom stereocenters. The first kappa shape index (κ1) is 9.30. The Labute approximate surface area is 95.6 Å². The summed E-state index contributed by atoms with van der Waals surface area (Å²) < 4.78 is 1.55. The fraction of sp³-hybridized carbons (Fsp3) is 0. The van der Waals surface area contributed by atoms with E-state index in [0.717, 1.165) is 15.4 Å². The molecule has 3 nitrogen and oxygen atoms in total. The average Bonchev–Trinajstić information content (AvgIpc) is 2.79. The molecule has 0 radical (unpaired) electrons. The van der Waals surface area contributed by atoms with Gasteiger partial charge in [0.05, 0.1) is 0 Å². The molecule has 0 amide bonds. The van der Waals surface area contributed by atoms with Crippen LogP contribution in [0.15, 0.2) is 53.6 Å². The molecule has 0 aliphatic heterocycles. The number of rotatable bonds is 1. The summed E-state index contributed by atoms with van der Waals surface area (Å²) in [5, 5.41) is 0. The molecular formula is C12H8N2OS. The number of hydrogen-bond acceptors (Lipinski definition) is 3. The Bertz CT molecular complexity index is 685. The van der Waals surface area contributed by atoms with Crippen molar-refractivity contribution >= 4 is 16.3 Å². The molecule has 0 bridgehead atoms. The van der Waals surface area contributed by atoms with E-state index in [0.29, 0.717) is 0 Å². The summed E-state index contributed by atoms with van der Waals surface area (Å²) in [5.74, 6) is 0. The lowest BCUT2D eigenvalue weighted by atomic mass is 10.2. The molecule has 3 aromatic rings. The molecule has 2 heterocycles. The third-order valence-electron chi connectivity index (χ3n) is 2.36. The maximum absolute atomic E-state index is 11.8. The van der Waals surface area contributed by atoms with Crippen LogP contribution >= 0.6 is 11.3 Å². The minimum absolute atomic E-state index is 0.0369. The summed E-state index contributed by atoms with van der Waals surface area (Å²) in [6.45, 7) is 0. The lowest BCUT2D eigenvalue weighted by Gasteiger charge is -1.99. The molecule has 1 aromatic carbocycles. The number of imidazole rings is 1. The van der Waals surface area contributed by atoms with Gasteiger partial charge in [-0.25, -0.2) is 4.98 Å². The maximum atomic E-state index is 11.8. The molecule has 3 rings (SSSR count). The zero-order valence-electron chi connectivity index (χ0n) is 8.33. The van der Waals surface area contributed by atoms with Crippen LogP contribution in [0, 0.1) is 0 Å². The van der Waals surface area contributed by atoms with Crippen LogP contribution in [0.1, 0.15) is 0 Å². The van der Waals surface area contributed by atoms with Gasteiger partial charge in [0.25, 0.3) is 5.56 Å². The standard InChI is InChI=1S/C12H8N2OS/c15-11-8-10(9-4-2-1-3-5-9)16-12-13-6-7-14(11)12/h1-8H. The van der Waals surface area contributed by atoms with Crippen molar-refractivity contribution in [2.24, 2.45) is 0 Å². The van der Waals surface area contributed by atoms with Gasteiger partial charge < -0.3 is 0 Å². The lowest BCUT2D eigenvalue weighted by Crippen LogP contribution is -2.08. The monoisotopic (exact) mass is 228 g/mol. The Morgan fingerprint density at radius 2 is 2.00 bits per heavy atom. The van der Waals surface area contributed by atoms with E-state index < -0.39 is 0 Å². The third-order valence-corrected chi connectivity index (χ3v) is 3.42. The highest BCUT2D eigenvalue weighted by Crippen LogP contribution is 2.23. The molecule has 0 saturated heterocycles. The van der Waals surface area contributed by atoms with Gasteiger partial charge in [-0.05, 0) is 5.56 Å².